The largest absolute Gasteiger partial charge is 0.463 e. The van der Waals surface area contributed by atoms with Gasteiger partial charge in [0, 0.05) is 22.5 Å². The van der Waals surface area contributed by atoms with E-state index in [0.717, 1.165) is 11.0 Å². The molecule has 0 fully saturated rings. The minimum atomic E-state index is -0.494. The van der Waals surface area contributed by atoms with Crippen LogP contribution >= 0.6 is 15.9 Å². The lowest BCUT2D eigenvalue weighted by molar-refractivity contribution is 0.0563. The third-order valence-electron chi connectivity index (χ3n) is 3.02. The monoisotopic (exact) mass is 341 g/mol. The number of hydrogen-bond donors (Lipinski definition) is 0. The molecule has 2 rings (SSSR count). The van der Waals surface area contributed by atoms with Crippen molar-refractivity contribution in [2.24, 2.45) is 0 Å². The molecule has 0 spiro atoms. The first kappa shape index (κ1) is 14.8. The van der Waals surface area contributed by atoms with Gasteiger partial charge in [-0.05, 0) is 6.07 Å². The highest BCUT2D eigenvalue weighted by molar-refractivity contribution is 9.09. The molecule has 0 aliphatic rings. The molecule has 20 heavy (non-hydrogen) atoms. The van der Waals surface area contributed by atoms with Crippen molar-refractivity contribution in [3.8, 4) is 0 Å². The van der Waals surface area contributed by atoms with Crippen molar-refractivity contribution < 1.29 is 13.9 Å². The van der Waals surface area contributed by atoms with Crippen LogP contribution in [0.1, 0.15) is 35.7 Å². The molecule has 0 aliphatic carbocycles. The van der Waals surface area contributed by atoms with Gasteiger partial charge in [-0.25, -0.2) is 9.48 Å². The van der Waals surface area contributed by atoms with Crippen molar-refractivity contribution in [2.75, 3.05) is 12.4 Å². The number of nitrogens with zero attached hydrogens (tertiary/aromatic N) is 3. The van der Waals surface area contributed by atoms with Crippen LogP contribution in [0.5, 0.6) is 0 Å². The maximum atomic E-state index is 11.5. The van der Waals surface area contributed by atoms with Gasteiger partial charge in [-0.3, -0.25) is 0 Å². The van der Waals surface area contributed by atoms with Gasteiger partial charge in [0.1, 0.15) is 0 Å². The number of methoxy groups -OCH3 is 1. The topological polar surface area (TPSA) is 70.2 Å². The van der Waals surface area contributed by atoms with Crippen molar-refractivity contribution in [1.29, 1.82) is 0 Å². The van der Waals surface area contributed by atoms with Crippen LogP contribution in [0.4, 0.5) is 0 Å². The molecule has 6 nitrogen and oxygen atoms in total. The Kier molecular flexibility index (Phi) is 4.27. The van der Waals surface area contributed by atoms with Crippen LogP contribution in [0.3, 0.4) is 0 Å². The van der Waals surface area contributed by atoms with E-state index >= 15 is 0 Å². The first-order chi connectivity index (χ1) is 9.47. The van der Waals surface area contributed by atoms with E-state index in [-0.39, 0.29) is 11.2 Å². The number of carbonyl (C=O) groups is 1. The Morgan fingerprint density at radius 1 is 1.55 bits per heavy atom. The molecule has 0 unspecified atom stereocenters. The van der Waals surface area contributed by atoms with E-state index in [4.69, 9.17) is 4.42 Å². The lowest BCUT2D eigenvalue weighted by Gasteiger charge is -2.17. The van der Waals surface area contributed by atoms with Crippen LogP contribution in [0, 0.1) is 0 Å². The summed E-state index contributed by atoms with van der Waals surface area (Å²) in [5.74, 6) is -0.296. The molecule has 0 saturated heterocycles. The summed E-state index contributed by atoms with van der Waals surface area (Å²) in [6.07, 6.45) is 3.33. The van der Waals surface area contributed by atoms with Crippen molar-refractivity contribution in [3.05, 3.63) is 35.5 Å². The molecule has 0 aliphatic heterocycles. The summed E-state index contributed by atoms with van der Waals surface area (Å²) in [7, 11) is 1.32. The second-order valence-corrected chi connectivity index (χ2v) is 5.65. The average molecular weight is 342 g/mol. The molecule has 0 amide bonds. The SMILES string of the molecule is COC(=O)c1occc1Cn1cc(C(C)(C)CBr)nn1. The quantitative estimate of drug-likeness (QED) is 0.616. The number of alkyl halides is 1. The molecule has 0 bridgehead atoms. The van der Waals surface area contributed by atoms with Crippen molar-refractivity contribution in [1.82, 2.24) is 15.0 Å². The number of ether oxygens (including phenoxy) is 1. The molecular formula is C13H16BrN3O3. The Balaban J connectivity index is 2.20. The number of aromatic nitrogens is 3. The number of esters is 1. The summed E-state index contributed by atoms with van der Waals surface area (Å²) in [4.78, 5) is 11.5. The van der Waals surface area contributed by atoms with E-state index in [1.165, 1.54) is 13.4 Å². The lowest BCUT2D eigenvalue weighted by atomic mass is 9.93. The number of furan rings is 1. The smallest absolute Gasteiger partial charge is 0.374 e. The zero-order chi connectivity index (χ0) is 14.8. The zero-order valence-corrected chi connectivity index (χ0v) is 13.2. The van der Waals surface area contributed by atoms with Crippen molar-refractivity contribution in [3.63, 3.8) is 0 Å². The Morgan fingerprint density at radius 3 is 2.95 bits per heavy atom. The lowest BCUT2D eigenvalue weighted by Crippen LogP contribution is -2.19. The molecule has 108 valence electrons. The van der Waals surface area contributed by atoms with Gasteiger partial charge in [0.15, 0.2) is 0 Å². The molecule has 0 N–H and O–H groups in total. The van der Waals surface area contributed by atoms with Gasteiger partial charge < -0.3 is 9.15 Å². The molecule has 0 radical (unpaired) electrons. The summed E-state index contributed by atoms with van der Waals surface area (Å²) in [5.41, 5.74) is 1.50. The van der Waals surface area contributed by atoms with Crippen LogP contribution < -0.4 is 0 Å². The van der Waals surface area contributed by atoms with Gasteiger partial charge in [0.25, 0.3) is 0 Å². The molecule has 2 heterocycles. The van der Waals surface area contributed by atoms with Gasteiger partial charge in [-0.2, -0.15) is 0 Å². The fourth-order valence-electron chi connectivity index (χ4n) is 1.66. The maximum Gasteiger partial charge on any atom is 0.374 e. The van der Waals surface area contributed by atoms with E-state index in [1.54, 1.807) is 10.7 Å². The zero-order valence-electron chi connectivity index (χ0n) is 11.6. The molecule has 7 heteroatoms. The first-order valence-corrected chi connectivity index (χ1v) is 7.21. The third-order valence-corrected chi connectivity index (χ3v) is 4.42. The summed E-state index contributed by atoms with van der Waals surface area (Å²) >= 11 is 3.46. The van der Waals surface area contributed by atoms with Crippen LogP contribution in [0.25, 0.3) is 0 Å². The summed E-state index contributed by atoms with van der Waals surface area (Å²) in [6, 6.07) is 1.73. The highest BCUT2D eigenvalue weighted by atomic mass is 79.9. The second-order valence-electron chi connectivity index (χ2n) is 5.09. The van der Waals surface area contributed by atoms with E-state index < -0.39 is 5.97 Å². The van der Waals surface area contributed by atoms with Crippen LogP contribution in [0.15, 0.2) is 22.9 Å². The normalized spacial score (nSPS) is 11.6. The minimum Gasteiger partial charge on any atom is -0.463 e. The minimum absolute atomic E-state index is 0.0974. The van der Waals surface area contributed by atoms with Crippen LogP contribution in [0.2, 0.25) is 0 Å². The predicted octanol–water partition coefficient (Wildman–Crippen LogP) is 2.38. The summed E-state index contributed by atoms with van der Waals surface area (Å²) < 4.78 is 11.5. The van der Waals surface area contributed by atoms with E-state index in [9.17, 15) is 4.79 Å². The Bertz CT molecular complexity index is 604. The molecule has 0 aromatic carbocycles. The van der Waals surface area contributed by atoms with Crippen LogP contribution in [-0.4, -0.2) is 33.4 Å². The number of carbonyl (C=O) groups excluding carboxylic acids is 1. The summed E-state index contributed by atoms with van der Waals surface area (Å²) in [5, 5.41) is 9.04. The van der Waals surface area contributed by atoms with E-state index in [0.29, 0.717) is 12.1 Å². The predicted molar refractivity (Wildman–Crippen MR) is 76.0 cm³/mol. The third kappa shape index (κ3) is 2.92. The number of rotatable bonds is 5. The molecule has 0 atom stereocenters. The van der Waals surface area contributed by atoms with E-state index in [1.807, 2.05) is 6.20 Å². The molecular weight excluding hydrogens is 326 g/mol. The van der Waals surface area contributed by atoms with Gasteiger partial charge in [0.05, 0.1) is 25.6 Å². The Hall–Kier alpha value is -1.63. The average Bonchev–Trinajstić information content (AvgIpc) is 3.08. The molecule has 0 saturated carbocycles. The molecule has 2 aromatic heterocycles. The van der Waals surface area contributed by atoms with Crippen molar-refractivity contribution >= 4 is 21.9 Å². The Labute approximate surface area is 125 Å². The van der Waals surface area contributed by atoms with Gasteiger partial charge >= 0.3 is 5.97 Å². The fraction of sp³-hybridized carbons (Fsp3) is 0.462. The first-order valence-electron chi connectivity index (χ1n) is 6.09. The van der Waals surface area contributed by atoms with Crippen molar-refractivity contribution in [2.45, 2.75) is 25.8 Å². The molecule has 2 aromatic rings. The van der Waals surface area contributed by atoms with E-state index in [2.05, 4.69) is 44.8 Å². The fourth-order valence-corrected chi connectivity index (χ4v) is 1.95. The van der Waals surface area contributed by atoms with Gasteiger partial charge in [0.2, 0.25) is 5.76 Å². The van der Waals surface area contributed by atoms with Crippen LogP contribution in [-0.2, 0) is 16.7 Å². The van der Waals surface area contributed by atoms with Gasteiger partial charge in [-0.1, -0.05) is 35.0 Å². The number of halogens is 1. The highest BCUT2D eigenvalue weighted by Gasteiger charge is 2.23. The Morgan fingerprint density at radius 2 is 2.30 bits per heavy atom. The summed E-state index contributed by atoms with van der Waals surface area (Å²) in [6.45, 7) is 4.56. The van der Waals surface area contributed by atoms with Gasteiger partial charge in [-0.15, -0.1) is 5.10 Å². The highest BCUT2D eigenvalue weighted by Crippen LogP contribution is 2.23. The maximum absolute atomic E-state index is 11.5. The number of hydrogen-bond acceptors (Lipinski definition) is 5. The standard InChI is InChI=1S/C13H16BrN3O3/c1-13(2,8-14)10-7-17(16-15-10)6-9-4-5-20-11(9)12(18)19-3/h4-5,7H,6,8H2,1-3H3. The second kappa shape index (κ2) is 5.78.